The number of aliphatic hydroxyl groups excluding tert-OH is 1. The molecule has 0 radical (unpaired) electrons. The molecule has 1 aromatic heterocycles. The van der Waals surface area contributed by atoms with Gasteiger partial charge in [0, 0.05) is 22.9 Å². The van der Waals surface area contributed by atoms with Crippen molar-refractivity contribution in [3.63, 3.8) is 0 Å². The average Bonchev–Trinajstić information content (AvgIpc) is 2.91. The van der Waals surface area contributed by atoms with E-state index in [1.54, 1.807) is 0 Å². The van der Waals surface area contributed by atoms with Crippen LogP contribution in [0.15, 0.2) is 40.4 Å². The summed E-state index contributed by atoms with van der Waals surface area (Å²) in [7, 11) is -0.990. The zero-order chi connectivity index (χ0) is 15.1. The van der Waals surface area contributed by atoms with Gasteiger partial charge < -0.3 is 9.67 Å². The Hall–Kier alpha value is -1.18. The molecule has 0 aliphatic carbocycles. The van der Waals surface area contributed by atoms with Gasteiger partial charge in [-0.25, -0.2) is 0 Å². The van der Waals surface area contributed by atoms with Gasteiger partial charge in [0.25, 0.3) is 0 Å². The summed E-state index contributed by atoms with van der Waals surface area (Å²) in [6.07, 6.45) is 0.953. The van der Waals surface area contributed by atoms with E-state index in [0.29, 0.717) is 17.3 Å². The number of benzene rings is 1. The minimum absolute atomic E-state index is 0.108. The van der Waals surface area contributed by atoms with E-state index in [4.69, 9.17) is 0 Å². The van der Waals surface area contributed by atoms with E-state index < -0.39 is 10.8 Å². The van der Waals surface area contributed by atoms with E-state index in [-0.39, 0.29) is 6.61 Å². The fourth-order valence-corrected chi connectivity index (χ4v) is 4.16. The van der Waals surface area contributed by atoms with Crippen LogP contribution in [0.5, 0.6) is 0 Å². The van der Waals surface area contributed by atoms with Crippen molar-refractivity contribution in [1.29, 1.82) is 0 Å². The molecule has 0 saturated carbocycles. The van der Waals surface area contributed by atoms with Crippen LogP contribution in [0.2, 0.25) is 0 Å². The number of nitrogens with zero attached hydrogens (tertiary/aromatic N) is 3. The van der Waals surface area contributed by atoms with E-state index in [2.05, 4.69) is 17.1 Å². The van der Waals surface area contributed by atoms with Crippen LogP contribution in [-0.4, -0.2) is 35.6 Å². The van der Waals surface area contributed by atoms with Gasteiger partial charge in [0.1, 0.15) is 6.61 Å². The predicted molar refractivity (Wildman–Crippen MR) is 84.7 cm³/mol. The Balaban J connectivity index is 1.92. The standard InChI is InChI=1S/C14H19N3O2S2/c1-2-8-17-13(11-18)15-16-14(17)20-9-10-21(19)12-6-4-3-5-7-12/h3-7,18H,2,8-11H2,1H3. The van der Waals surface area contributed by atoms with Crippen molar-refractivity contribution in [3.05, 3.63) is 36.2 Å². The summed E-state index contributed by atoms with van der Waals surface area (Å²) in [5, 5.41) is 18.1. The maximum atomic E-state index is 12.1. The van der Waals surface area contributed by atoms with Crippen LogP contribution in [0.3, 0.4) is 0 Å². The van der Waals surface area contributed by atoms with E-state index >= 15 is 0 Å². The number of aromatic nitrogens is 3. The van der Waals surface area contributed by atoms with Crippen LogP contribution in [0.4, 0.5) is 0 Å². The van der Waals surface area contributed by atoms with Crippen molar-refractivity contribution in [2.75, 3.05) is 11.5 Å². The molecule has 0 aliphatic rings. The molecule has 5 nitrogen and oxygen atoms in total. The number of hydrogen-bond donors (Lipinski definition) is 1. The number of aliphatic hydroxyl groups is 1. The molecule has 0 saturated heterocycles. The fraction of sp³-hybridized carbons (Fsp3) is 0.429. The highest BCUT2D eigenvalue weighted by Gasteiger charge is 2.12. The normalized spacial score (nSPS) is 12.5. The van der Waals surface area contributed by atoms with Crippen molar-refractivity contribution < 1.29 is 9.32 Å². The molecule has 114 valence electrons. The molecule has 0 fully saturated rings. The SMILES string of the molecule is CCCn1c(CO)nnc1SCCS(=O)c1ccccc1. The second-order valence-corrected chi connectivity index (χ2v) is 7.05. The van der Waals surface area contributed by atoms with Gasteiger partial charge in [-0.3, -0.25) is 4.21 Å². The zero-order valence-electron chi connectivity index (χ0n) is 11.9. The maximum absolute atomic E-state index is 12.1. The highest BCUT2D eigenvalue weighted by molar-refractivity contribution is 8.00. The van der Waals surface area contributed by atoms with Crippen molar-refractivity contribution in [3.8, 4) is 0 Å². The smallest absolute Gasteiger partial charge is 0.191 e. The third kappa shape index (κ3) is 4.39. The lowest BCUT2D eigenvalue weighted by molar-refractivity contribution is 0.263. The van der Waals surface area contributed by atoms with Crippen LogP contribution < -0.4 is 0 Å². The molecule has 0 aliphatic heterocycles. The van der Waals surface area contributed by atoms with Gasteiger partial charge in [0.15, 0.2) is 11.0 Å². The van der Waals surface area contributed by atoms with Crippen LogP contribution >= 0.6 is 11.8 Å². The number of thioether (sulfide) groups is 1. The maximum Gasteiger partial charge on any atom is 0.191 e. The van der Waals surface area contributed by atoms with Gasteiger partial charge in [-0.1, -0.05) is 36.9 Å². The van der Waals surface area contributed by atoms with Crippen molar-refractivity contribution in [2.24, 2.45) is 0 Å². The Bertz CT molecular complexity index is 587. The van der Waals surface area contributed by atoms with Gasteiger partial charge in [-0.2, -0.15) is 0 Å². The lowest BCUT2D eigenvalue weighted by Gasteiger charge is -2.07. The first-order valence-corrected chi connectivity index (χ1v) is 9.16. The molecule has 0 bridgehead atoms. The lowest BCUT2D eigenvalue weighted by Crippen LogP contribution is -2.06. The Kier molecular flexibility index (Phi) is 6.41. The molecular weight excluding hydrogens is 306 g/mol. The Morgan fingerprint density at radius 1 is 1.29 bits per heavy atom. The first-order valence-electron chi connectivity index (χ1n) is 6.85. The van der Waals surface area contributed by atoms with Gasteiger partial charge in [0.05, 0.1) is 10.8 Å². The van der Waals surface area contributed by atoms with Crippen LogP contribution in [0.25, 0.3) is 0 Å². The summed E-state index contributed by atoms with van der Waals surface area (Å²) in [5.74, 6) is 1.86. The average molecular weight is 325 g/mol. The summed E-state index contributed by atoms with van der Waals surface area (Å²) >= 11 is 1.53. The van der Waals surface area contributed by atoms with E-state index in [9.17, 15) is 9.32 Å². The number of hydrogen-bond acceptors (Lipinski definition) is 5. The molecule has 0 spiro atoms. The van der Waals surface area contributed by atoms with Crippen molar-refractivity contribution in [2.45, 2.75) is 36.5 Å². The first-order chi connectivity index (χ1) is 10.3. The summed E-state index contributed by atoms with van der Waals surface area (Å²) in [5.41, 5.74) is 0. The van der Waals surface area contributed by atoms with Crippen molar-refractivity contribution in [1.82, 2.24) is 14.8 Å². The first kappa shape index (κ1) is 16.2. The monoisotopic (exact) mass is 325 g/mol. The molecule has 2 rings (SSSR count). The second-order valence-electron chi connectivity index (χ2n) is 4.42. The fourth-order valence-electron chi connectivity index (χ4n) is 1.89. The van der Waals surface area contributed by atoms with Gasteiger partial charge in [0.2, 0.25) is 0 Å². The van der Waals surface area contributed by atoms with E-state index in [1.807, 2.05) is 34.9 Å². The van der Waals surface area contributed by atoms with Gasteiger partial charge in [-0.15, -0.1) is 10.2 Å². The summed E-state index contributed by atoms with van der Waals surface area (Å²) in [6, 6.07) is 9.46. The Morgan fingerprint density at radius 3 is 2.71 bits per heavy atom. The predicted octanol–water partition coefficient (Wildman–Crippen LogP) is 2.08. The molecule has 1 unspecified atom stereocenters. The minimum atomic E-state index is -0.990. The van der Waals surface area contributed by atoms with E-state index in [0.717, 1.165) is 23.0 Å². The molecule has 1 N–H and O–H groups in total. The highest BCUT2D eigenvalue weighted by atomic mass is 32.2. The summed E-state index contributed by atoms with van der Waals surface area (Å²) < 4.78 is 14.0. The molecule has 0 amide bonds. The second kappa shape index (κ2) is 8.31. The third-order valence-corrected chi connectivity index (χ3v) is 5.49. The summed E-state index contributed by atoms with van der Waals surface area (Å²) in [4.78, 5) is 0.851. The molecule has 7 heteroatoms. The molecule has 2 aromatic rings. The Labute approximate surface area is 131 Å². The minimum Gasteiger partial charge on any atom is -0.388 e. The summed E-state index contributed by atoms with van der Waals surface area (Å²) in [6.45, 7) is 2.75. The Morgan fingerprint density at radius 2 is 2.05 bits per heavy atom. The van der Waals surface area contributed by atoms with Crippen LogP contribution in [-0.2, 0) is 24.0 Å². The molecule has 1 heterocycles. The molecule has 21 heavy (non-hydrogen) atoms. The van der Waals surface area contributed by atoms with Gasteiger partial charge >= 0.3 is 0 Å². The highest BCUT2D eigenvalue weighted by Crippen LogP contribution is 2.18. The third-order valence-electron chi connectivity index (χ3n) is 2.89. The molecule has 1 atom stereocenters. The topological polar surface area (TPSA) is 68.0 Å². The quantitative estimate of drug-likeness (QED) is 0.753. The number of rotatable bonds is 8. The largest absolute Gasteiger partial charge is 0.388 e. The molecular formula is C14H19N3O2S2. The zero-order valence-corrected chi connectivity index (χ0v) is 13.6. The van der Waals surface area contributed by atoms with Crippen molar-refractivity contribution >= 4 is 22.6 Å². The van der Waals surface area contributed by atoms with Crippen LogP contribution in [0, 0.1) is 0 Å². The molecule has 1 aromatic carbocycles. The van der Waals surface area contributed by atoms with Crippen LogP contribution in [0.1, 0.15) is 19.2 Å². The van der Waals surface area contributed by atoms with E-state index in [1.165, 1.54) is 11.8 Å². The van der Waals surface area contributed by atoms with Gasteiger partial charge in [-0.05, 0) is 18.6 Å². The lowest BCUT2D eigenvalue weighted by atomic mass is 10.4.